The summed E-state index contributed by atoms with van der Waals surface area (Å²) in [4.78, 5) is 27.5. The van der Waals surface area contributed by atoms with E-state index in [2.05, 4.69) is 17.2 Å². The maximum absolute atomic E-state index is 12.6. The molecule has 0 aliphatic rings. The first-order valence-corrected chi connectivity index (χ1v) is 13.6. The molecule has 5 heteroatoms. The minimum Gasteiger partial charge on any atom is -0.464 e. The van der Waals surface area contributed by atoms with E-state index >= 15 is 0 Å². The van der Waals surface area contributed by atoms with Gasteiger partial charge in [0.15, 0.2) is 0 Å². The Bertz CT molecular complexity index is 830. The summed E-state index contributed by atoms with van der Waals surface area (Å²) in [6.07, 6.45) is 20.5. The third-order valence-corrected chi connectivity index (χ3v) is 6.50. The molecule has 190 valence electrons. The van der Waals surface area contributed by atoms with Crippen LogP contribution in [0.4, 0.5) is 0 Å². The Kier molecular flexibility index (Phi) is 14.1. The second-order valence-electron chi connectivity index (χ2n) is 9.58. The highest BCUT2D eigenvalue weighted by Gasteiger charge is 2.22. The molecular weight excluding hydrogens is 424 g/mol. The van der Waals surface area contributed by atoms with Crippen molar-refractivity contribution >= 4 is 22.8 Å². The van der Waals surface area contributed by atoms with E-state index in [1.165, 1.54) is 84.0 Å². The van der Waals surface area contributed by atoms with Crippen molar-refractivity contribution in [2.75, 3.05) is 6.61 Å². The summed E-state index contributed by atoms with van der Waals surface area (Å²) in [5, 5.41) is 3.82. The maximum Gasteiger partial charge on any atom is 0.328 e. The summed E-state index contributed by atoms with van der Waals surface area (Å²) < 4.78 is 5.51. The molecule has 0 saturated carbocycles. The Morgan fingerprint density at radius 2 is 1.41 bits per heavy atom. The Balaban J connectivity index is 1.54. The predicted octanol–water partition coefficient (Wildman–Crippen LogP) is 7.24. The summed E-state index contributed by atoms with van der Waals surface area (Å²) >= 11 is 0. The van der Waals surface area contributed by atoms with Crippen LogP contribution in [0.5, 0.6) is 0 Å². The fourth-order valence-corrected chi connectivity index (χ4v) is 4.53. The van der Waals surface area contributed by atoms with Gasteiger partial charge in [0.1, 0.15) is 6.04 Å². The number of H-pyrrole nitrogens is 1. The zero-order valence-electron chi connectivity index (χ0n) is 21.5. The Morgan fingerprint density at radius 3 is 2.00 bits per heavy atom. The first-order valence-electron chi connectivity index (χ1n) is 13.6. The Hall–Kier alpha value is -2.30. The van der Waals surface area contributed by atoms with E-state index in [0.29, 0.717) is 13.0 Å². The van der Waals surface area contributed by atoms with E-state index < -0.39 is 6.04 Å². The second kappa shape index (κ2) is 17.2. The molecule has 5 nitrogen and oxygen atoms in total. The fraction of sp³-hybridized carbons (Fsp3) is 0.655. The van der Waals surface area contributed by atoms with Gasteiger partial charge in [-0.2, -0.15) is 0 Å². The topological polar surface area (TPSA) is 71.2 Å². The molecule has 0 aliphatic heterocycles. The number of aromatic nitrogens is 1. The predicted molar refractivity (Wildman–Crippen MR) is 141 cm³/mol. The lowest BCUT2D eigenvalue weighted by Gasteiger charge is -2.16. The standard InChI is InChI=1S/C29H46N2O3/c1-3-4-5-6-7-8-9-10-11-12-13-14-15-18-21-34-29(33)28(31-24(2)32)22-25-23-30-27-20-17-16-19-26(25)27/h16-17,19-20,23,28,30H,3-15,18,21-22H2,1-2H3,(H,31,32)/t28-/m0/s1. The summed E-state index contributed by atoms with van der Waals surface area (Å²) in [5.41, 5.74) is 2.03. The van der Waals surface area contributed by atoms with E-state index in [0.717, 1.165) is 29.3 Å². The molecule has 2 N–H and O–H groups in total. The van der Waals surface area contributed by atoms with Gasteiger partial charge in [0.25, 0.3) is 0 Å². The van der Waals surface area contributed by atoms with E-state index in [1.54, 1.807) is 0 Å². The monoisotopic (exact) mass is 470 g/mol. The normalized spacial score (nSPS) is 12.1. The SMILES string of the molecule is CCCCCCCCCCCCCCCCOC(=O)[C@H](Cc1c[nH]c2ccccc12)NC(C)=O. The van der Waals surface area contributed by atoms with Crippen molar-refractivity contribution in [2.24, 2.45) is 0 Å². The Labute approximate surface area is 206 Å². The quantitative estimate of drug-likeness (QED) is 0.168. The maximum atomic E-state index is 12.6. The summed E-state index contributed by atoms with van der Waals surface area (Å²) in [6.45, 7) is 4.12. The molecule has 2 aromatic rings. The van der Waals surface area contributed by atoms with Crippen molar-refractivity contribution in [2.45, 2.75) is 116 Å². The third-order valence-electron chi connectivity index (χ3n) is 6.50. The lowest BCUT2D eigenvalue weighted by Crippen LogP contribution is -2.42. The van der Waals surface area contributed by atoms with Gasteiger partial charge in [-0.05, 0) is 18.1 Å². The van der Waals surface area contributed by atoms with Crippen molar-refractivity contribution in [3.8, 4) is 0 Å². The van der Waals surface area contributed by atoms with Crippen LogP contribution in [0, 0.1) is 0 Å². The van der Waals surface area contributed by atoms with Crippen LogP contribution >= 0.6 is 0 Å². The molecule has 1 aromatic carbocycles. The number of benzene rings is 1. The number of esters is 1. The molecule has 1 atom stereocenters. The third kappa shape index (κ3) is 11.2. The summed E-state index contributed by atoms with van der Waals surface area (Å²) in [7, 11) is 0. The van der Waals surface area contributed by atoms with Crippen LogP contribution in [0.1, 0.15) is 109 Å². The van der Waals surface area contributed by atoms with Gasteiger partial charge < -0.3 is 15.0 Å². The van der Waals surface area contributed by atoms with E-state index in [-0.39, 0.29) is 11.9 Å². The number of aromatic amines is 1. The van der Waals surface area contributed by atoms with Gasteiger partial charge in [0.2, 0.25) is 5.91 Å². The highest BCUT2D eigenvalue weighted by Crippen LogP contribution is 2.19. The molecule has 0 unspecified atom stereocenters. The van der Waals surface area contributed by atoms with Crippen molar-refractivity contribution in [3.63, 3.8) is 0 Å². The lowest BCUT2D eigenvalue weighted by atomic mass is 10.0. The number of fused-ring (bicyclic) bond motifs is 1. The molecule has 1 aromatic heterocycles. The first-order chi connectivity index (χ1) is 16.6. The van der Waals surface area contributed by atoms with Crippen LogP contribution < -0.4 is 5.32 Å². The van der Waals surface area contributed by atoms with Crippen LogP contribution in [0.25, 0.3) is 10.9 Å². The number of para-hydroxylation sites is 1. The molecule has 1 heterocycles. The largest absolute Gasteiger partial charge is 0.464 e. The number of carbonyl (C=O) groups excluding carboxylic acids is 2. The molecular formula is C29H46N2O3. The van der Waals surface area contributed by atoms with E-state index in [4.69, 9.17) is 4.74 Å². The van der Waals surface area contributed by atoms with Crippen LogP contribution in [0.2, 0.25) is 0 Å². The van der Waals surface area contributed by atoms with Gasteiger partial charge in [-0.25, -0.2) is 4.79 Å². The highest BCUT2D eigenvalue weighted by molar-refractivity contribution is 5.86. The first kappa shape index (κ1) is 27.9. The molecule has 34 heavy (non-hydrogen) atoms. The summed E-state index contributed by atoms with van der Waals surface area (Å²) in [5.74, 6) is -0.576. The minimum absolute atomic E-state index is 0.224. The molecule has 0 saturated heterocycles. The van der Waals surface area contributed by atoms with Crippen molar-refractivity contribution in [3.05, 3.63) is 36.0 Å². The number of carbonyl (C=O) groups is 2. The van der Waals surface area contributed by atoms with Gasteiger partial charge in [-0.3, -0.25) is 4.79 Å². The van der Waals surface area contributed by atoms with E-state index in [1.807, 2.05) is 30.5 Å². The number of amides is 1. The van der Waals surface area contributed by atoms with Crippen LogP contribution in [0.3, 0.4) is 0 Å². The van der Waals surface area contributed by atoms with Gasteiger partial charge in [0.05, 0.1) is 6.61 Å². The molecule has 0 radical (unpaired) electrons. The van der Waals surface area contributed by atoms with Crippen LogP contribution in [0.15, 0.2) is 30.5 Å². The number of hydrogen-bond donors (Lipinski definition) is 2. The summed E-state index contributed by atoms with van der Waals surface area (Å²) in [6, 6.07) is 7.30. The van der Waals surface area contributed by atoms with Crippen molar-refractivity contribution in [1.29, 1.82) is 0 Å². The van der Waals surface area contributed by atoms with Crippen molar-refractivity contribution in [1.82, 2.24) is 10.3 Å². The van der Waals surface area contributed by atoms with Crippen molar-refractivity contribution < 1.29 is 14.3 Å². The molecule has 1 amide bonds. The number of rotatable bonds is 19. The number of hydrogen-bond acceptors (Lipinski definition) is 3. The fourth-order valence-electron chi connectivity index (χ4n) is 4.53. The molecule has 0 aliphatic carbocycles. The van der Waals surface area contributed by atoms with Crippen LogP contribution in [-0.2, 0) is 20.7 Å². The molecule has 0 spiro atoms. The highest BCUT2D eigenvalue weighted by atomic mass is 16.5. The molecule has 0 fully saturated rings. The number of nitrogens with one attached hydrogen (secondary N) is 2. The minimum atomic E-state index is -0.664. The average Bonchev–Trinajstić information content (AvgIpc) is 3.23. The zero-order valence-corrected chi connectivity index (χ0v) is 21.5. The van der Waals surface area contributed by atoms with Gasteiger partial charge in [0, 0.05) is 30.4 Å². The molecule has 2 rings (SSSR count). The van der Waals surface area contributed by atoms with Gasteiger partial charge in [-0.15, -0.1) is 0 Å². The zero-order chi connectivity index (χ0) is 24.4. The number of ether oxygens (including phenoxy) is 1. The number of unbranched alkanes of at least 4 members (excludes halogenated alkanes) is 13. The lowest BCUT2D eigenvalue weighted by molar-refractivity contribution is -0.147. The van der Waals surface area contributed by atoms with E-state index in [9.17, 15) is 9.59 Å². The average molecular weight is 471 g/mol. The smallest absolute Gasteiger partial charge is 0.328 e. The molecule has 0 bridgehead atoms. The second-order valence-corrected chi connectivity index (χ2v) is 9.58. The van der Waals surface area contributed by atoms with Gasteiger partial charge >= 0.3 is 5.97 Å². The Morgan fingerprint density at radius 1 is 0.853 bits per heavy atom. The van der Waals surface area contributed by atoms with Gasteiger partial charge in [-0.1, -0.05) is 109 Å². The van der Waals surface area contributed by atoms with Crippen LogP contribution in [-0.4, -0.2) is 29.5 Å².